The topological polar surface area (TPSA) is 17.1 Å². The molecule has 94 valence electrons. The lowest BCUT2D eigenvalue weighted by molar-refractivity contribution is -0.111. The number of hydrogen-bond acceptors (Lipinski definition) is 1. The molecule has 0 unspecified atom stereocenters. The van der Waals surface area contributed by atoms with Crippen LogP contribution in [0.15, 0.2) is 54.6 Å². The monoisotopic (exact) mass is 264 g/mol. The summed E-state index contributed by atoms with van der Waals surface area (Å²) in [6.07, 6.45) is 0.155. The maximum Gasteiger partial charge on any atom is 0.226 e. The predicted octanol–water partition coefficient (Wildman–Crippen LogP) is 4.13. The molecule has 0 saturated heterocycles. The number of rotatable bonds is 2. The van der Waals surface area contributed by atoms with Crippen LogP contribution in [0.4, 0.5) is 4.39 Å². The van der Waals surface area contributed by atoms with Crippen molar-refractivity contribution in [1.82, 2.24) is 0 Å². The van der Waals surface area contributed by atoms with E-state index in [1.807, 2.05) is 18.2 Å². The minimum atomic E-state index is -0.434. The first-order valence-corrected chi connectivity index (χ1v) is 5.90. The maximum atomic E-state index is 12.3. The van der Waals surface area contributed by atoms with E-state index in [9.17, 15) is 9.18 Å². The molecule has 0 fully saturated rings. The van der Waals surface area contributed by atoms with E-state index in [1.165, 1.54) is 29.8 Å². The molecule has 0 aliphatic carbocycles. The minimum absolute atomic E-state index is 0.155. The van der Waals surface area contributed by atoms with E-state index < -0.39 is 5.24 Å². The molecule has 0 radical (unpaired) electrons. The van der Waals surface area contributed by atoms with Crippen LogP contribution in [0.5, 0.6) is 0 Å². The molecule has 0 bridgehead atoms. The van der Waals surface area contributed by atoms with Crippen molar-refractivity contribution in [2.24, 2.45) is 0 Å². The van der Waals surface area contributed by atoms with Gasteiger partial charge in [0.1, 0.15) is 5.82 Å². The highest BCUT2D eigenvalue weighted by Crippen LogP contribution is 2.04. The normalized spacial score (nSPS) is 9.28. The molecule has 1 nitrogen and oxygen atoms in total. The number of halogens is 2. The molecule has 2 rings (SSSR count). The van der Waals surface area contributed by atoms with Gasteiger partial charge in [0.25, 0.3) is 0 Å². The molecule has 0 aliphatic heterocycles. The third kappa shape index (κ3) is 6.16. The van der Waals surface area contributed by atoms with E-state index in [0.29, 0.717) is 0 Å². The van der Waals surface area contributed by atoms with E-state index in [1.54, 1.807) is 0 Å². The lowest BCUT2D eigenvalue weighted by Crippen LogP contribution is -1.92. The SMILES string of the molecule is Cc1ccccc1.O=C(Cl)Cc1ccc(F)cc1. The number of benzene rings is 2. The highest BCUT2D eigenvalue weighted by atomic mass is 35.5. The lowest BCUT2D eigenvalue weighted by atomic mass is 10.2. The molecule has 0 aromatic heterocycles. The third-order valence-electron chi connectivity index (χ3n) is 2.20. The van der Waals surface area contributed by atoms with Crippen molar-refractivity contribution in [1.29, 1.82) is 0 Å². The smallest absolute Gasteiger partial charge is 0.226 e. The van der Waals surface area contributed by atoms with Crippen LogP contribution < -0.4 is 0 Å². The van der Waals surface area contributed by atoms with E-state index in [4.69, 9.17) is 11.6 Å². The van der Waals surface area contributed by atoms with Gasteiger partial charge in [0.05, 0.1) is 0 Å². The average molecular weight is 265 g/mol. The van der Waals surface area contributed by atoms with Gasteiger partial charge in [-0.1, -0.05) is 48.0 Å². The standard InChI is InChI=1S/C8H6ClFO.C7H8/c9-8(11)5-6-1-3-7(10)4-2-6;1-7-5-3-2-4-6-7/h1-4H,5H2;2-6H,1H3. The minimum Gasteiger partial charge on any atom is -0.281 e. The van der Waals surface area contributed by atoms with Gasteiger partial charge in [0, 0.05) is 6.42 Å². The van der Waals surface area contributed by atoms with Gasteiger partial charge in [-0.2, -0.15) is 0 Å². The molecule has 3 heteroatoms. The fourth-order valence-electron chi connectivity index (χ4n) is 1.30. The Morgan fingerprint density at radius 2 is 1.61 bits per heavy atom. The van der Waals surface area contributed by atoms with E-state index >= 15 is 0 Å². The Morgan fingerprint density at radius 3 is 2.00 bits per heavy atom. The molecule has 0 atom stereocenters. The quantitative estimate of drug-likeness (QED) is 0.746. The van der Waals surface area contributed by atoms with Crippen molar-refractivity contribution in [2.75, 3.05) is 0 Å². The molecule has 0 N–H and O–H groups in total. The molecule has 18 heavy (non-hydrogen) atoms. The Labute approximate surface area is 111 Å². The lowest BCUT2D eigenvalue weighted by Gasteiger charge is -1.94. The van der Waals surface area contributed by atoms with Gasteiger partial charge in [-0.15, -0.1) is 0 Å². The van der Waals surface area contributed by atoms with Crippen LogP contribution in [0.3, 0.4) is 0 Å². The first-order valence-electron chi connectivity index (χ1n) is 5.52. The summed E-state index contributed by atoms with van der Waals surface area (Å²) >= 11 is 5.12. The first kappa shape index (κ1) is 14.4. The second-order valence-corrected chi connectivity index (χ2v) is 4.23. The van der Waals surface area contributed by atoms with Crippen molar-refractivity contribution >= 4 is 16.8 Å². The summed E-state index contributed by atoms with van der Waals surface area (Å²) in [5.41, 5.74) is 2.05. The Bertz CT molecular complexity index is 480. The molecular formula is C15H14ClFO. The summed E-state index contributed by atoms with van der Waals surface area (Å²) in [4.78, 5) is 10.4. The van der Waals surface area contributed by atoms with Crippen molar-refractivity contribution in [3.8, 4) is 0 Å². The molecule has 0 saturated carbocycles. The summed E-state index contributed by atoms with van der Waals surface area (Å²) in [5, 5.41) is -0.434. The van der Waals surface area contributed by atoms with Crippen LogP contribution >= 0.6 is 11.6 Å². The van der Waals surface area contributed by atoms with Crippen LogP contribution in [-0.2, 0) is 11.2 Å². The predicted molar refractivity (Wildman–Crippen MR) is 72.1 cm³/mol. The van der Waals surface area contributed by atoms with Crippen LogP contribution in [0.25, 0.3) is 0 Å². The molecule has 0 amide bonds. The number of hydrogen-bond donors (Lipinski definition) is 0. The number of aryl methyl sites for hydroxylation is 1. The van der Waals surface area contributed by atoms with Crippen LogP contribution in [0, 0.1) is 12.7 Å². The summed E-state index contributed by atoms with van der Waals surface area (Å²) in [5.74, 6) is -0.309. The van der Waals surface area contributed by atoms with Crippen molar-refractivity contribution in [2.45, 2.75) is 13.3 Å². The van der Waals surface area contributed by atoms with E-state index in [-0.39, 0.29) is 12.2 Å². The Kier molecular flexibility index (Phi) is 6.09. The second-order valence-electron chi connectivity index (χ2n) is 3.81. The van der Waals surface area contributed by atoms with Gasteiger partial charge in [-0.25, -0.2) is 4.39 Å². The van der Waals surface area contributed by atoms with Crippen molar-refractivity contribution < 1.29 is 9.18 Å². The molecule has 2 aromatic carbocycles. The maximum absolute atomic E-state index is 12.3. The summed E-state index contributed by atoms with van der Waals surface area (Å²) < 4.78 is 12.3. The van der Waals surface area contributed by atoms with Gasteiger partial charge in [-0.3, -0.25) is 4.79 Å². The van der Waals surface area contributed by atoms with Gasteiger partial charge < -0.3 is 0 Å². The molecule has 0 spiro atoms. The Balaban J connectivity index is 0.000000199. The molecular weight excluding hydrogens is 251 g/mol. The number of carbonyl (C=O) groups excluding carboxylic acids is 1. The second kappa shape index (κ2) is 7.62. The number of carbonyl (C=O) groups is 1. The fraction of sp³-hybridized carbons (Fsp3) is 0.133. The molecule has 0 aliphatic rings. The highest BCUT2D eigenvalue weighted by molar-refractivity contribution is 6.63. The van der Waals surface area contributed by atoms with Crippen LogP contribution in [0.1, 0.15) is 11.1 Å². The fourth-order valence-corrected chi connectivity index (χ4v) is 1.45. The molecule has 0 heterocycles. The first-order chi connectivity index (χ1) is 8.58. The molecule has 2 aromatic rings. The van der Waals surface area contributed by atoms with Gasteiger partial charge in [0.15, 0.2) is 0 Å². The average Bonchev–Trinajstić information content (AvgIpc) is 2.33. The Morgan fingerprint density at radius 1 is 1.06 bits per heavy atom. The van der Waals surface area contributed by atoms with E-state index in [2.05, 4.69) is 19.1 Å². The van der Waals surface area contributed by atoms with Crippen LogP contribution in [-0.4, -0.2) is 5.24 Å². The Hall–Kier alpha value is -1.67. The zero-order chi connectivity index (χ0) is 13.4. The largest absolute Gasteiger partial charge is 0.281 e. The summed E-state index contributed by atoms with van der Waals surface area (Å²) in [7, 11) is 0. The summed E-state index contributed by atoms with van der Waals surface area (Å²) in [6.45, 7) is 2.08. The van der Waals surface area contributed by atoms with E-state index in [0.717, 1.165) is 5.56 Å². The van der Waals surface area contributed by atoms with Gasteiger partial charge in [0.2, 0.25) is 5.24 Å². The highest BCUT2D eigenvalue weighted by Gasteiger charge is 1.98. The van der Waals surface area contributed by atoms with Gasteiger partial charge >= 0.3 is 0 Å². The zero-order valence-corrected chi connectivity index (χ0v) is 10.8. The third-order valence-corrected chi connectivity index (χ3v) is 2.33. The zero-order valence-electron chi connectivity index (χ0n) is 10.1. The van der Waals surface area contributed by atoms with Crippen molar-refractivity contribution in [3.05, 3.63) is 71.5 Å². The van der Waals surface area contributed by atoms with Crippen molar-refractivity contribution in [3.63, 3.8) is 0 Å². The summed E-state index contributed by atoms with van der Waals surface area (Å²) in [6, 6.07) is 15.9. The van der Waals surface area contributed by atoms with Crippen LogP contribution in [0.2, 0.25) is 0 Å². The van der Waals surface area contributed by atoms with Gasteiger partial charge in [-0.05, 0) is 36.2 Å².